The Labute approximate surface area is 151 Å². The first-order valence-corrected chi connectivity index (χ1v) is 9.23. The van der Waals surface area contributed by atoms with Crippen molar-refractivity contribution in [2.45, 2.75) is 45.1 Å². The fraction of sp³-hybridized carbons (Fsp3) is 0.526. The predicted molar refractivity (Wildman–Crippen MR) is 97.2 cm³/mol. The van der Waals surface area contributed by atoms with E-state index in [0.29, 0.717) is 41.0 Å². The second-order valence-electron chi connectivity index (χ2n) is 7.31. The molecule has 2 N–H and O–H groups in total. The molecule has 2 heterocycles. The molecule has 1 unspecified atom stereocenters. The number of pyridine rings is 1. The highest BCUT2D eigenvalue weighted by Crippen LogP contribution is 2.34. The summed E-state index contributed by atoms with van der Waals surface area (Å²) in [5.41, 5.74) is 0.100. The average Bonchev–Trinajstić information content (AvgIpc) is 3.53. The zero-order chi connectivity index (χ0) is 18.1. The van der Waals surface area contributed by atoms with E-state index in [1.54, 1.807) is 12.1 Å². The molecule has 0 amide bonds. The highest BCUT2D eigenvalue weighted by atomic mass is 19.3. The number of halogens is 2. The van der Waals surface area contributed by atoms with Gasteiger partial charge in [0.15, 0.2) is 5.82 Å². The maximum Gasteiger partial charge on any atom is 0.280 e. The molecule has 5 nitrogen and oxygen atoms in total. The topological polar surface area (TPSA) is 62.7 Å². The summed E-state index contributed by atoms with van der Waals surface area (Å²) >= 11 is 0. The van der Waals surface area contributed by atoms with Gasteiger partial charge < -0.3 is 10.6 Å². The molecular formula is C19H23F2N5. The number of aromatic nitrogens is 3. The second-order valence-corrected chi connectivity index (χ2v) is 7.31. The van der Waals surface area contributed by atoms with Gasteiger partial charge in [0.1, 0.15) is 23.0 Å². The van der Waals surface area contributed by atoms with Gasteiger partial charge in [-0.3, -0.25) is 0 Å². The minimum Gasteiger partial charge on any atom is -0.370 e. The fourth-order valence-corrected chi connectivity index (χ4v) is 2.94. The van der Waals surface area contributed by atoms with E-state index >= 15 is 0 Å². The first kappa shape index (κ1) is 17.1. The minimum absolute atomic E-state index is 0.261. The minimum atomic E-state index is -2.61. The van der Waals surface area contributed by atoms with Crippen molar-refractivity contribution < 1.29 is 8.78 Å². The largest absolute Gasteiger partial charge is 0.370 e. The fourth-order valence-electron chi connectivity index (χ4n) is 2.94. The lowest BCUT2D eigenvalue weighted by Gasteiger charge is -2.16. The third-order valence-corrected chi connectivity index (χ3v) is 4.92. The molecule has 2 aliphatic rings. The predicted octanol–water partition coefficient (Wildman–Crippen LogP) is 4.51. The van der Waals surface area contributed by atoms with Gasteiger partial charge >= 0.3 is 0 Å². The van der Waals surface area contributed by atoms with Crippen LogP contribution in [0.5, 0.6) is 0 Å². The number of hydrogen-bond acceptors (Lipinski definition) is 5. The molecule has 0 aromatic carbocycles. The number of rotatable bonds is 8. The Bertz CT molecular complexity index is 774. The van der Waals surface area contributed by atoms with E-state index in [0.717, 1.165) is 6.54 Å². The molecule has 4 rings (SSSR count). The van der Waals surface area contributed by atoms with E-state index in [1.165, 1.54) is 31.7 Å². The Balaban J connectivity index is 1.62. The van der Waals surface area contributed by atoms with Crippen LogP contribution in [0.3, 0.4) is 0 Å². The van der Waals surface area contributed by atoms with Crippen LogP contribution in [0, 0.1) is 11.8 Å². The highest BCUT2D eigenvalue weighted by molar-refractivity contribution is 5.58. The van der Waals surface area contributed by atoms with Crippen molar-refractivity contribution in [3.63, 3.8) is 0 Å². The zero-order valence-electron chi connectivity index (χ0n) is 14.8. The second kappa shape index (κ2) is 7.13. The van der Waals surface area contributed by atoms with Crippen LogP contribution in [-0.2, 0) is 0 Å². The van der Waals surface area contributed by atoms with Crippen LogP contribution in [0.4, 0.5) is 20.4 Å². The standard InChI is InChI=1S/C19H23F2N5/c1-11(13-7-8-13)23-17-9-16(22-10-12-5-6-12)25-19(26-17)15-4-2-3-14(24-15)18(20)21/h2-4,9,11-13,18H,5-8,10H2,1H3,(H2,22,23,25,26). The summed E-state index contributed by atoms with van der Waals surface area (Å²) in [6.45, 7) is 3.02. The molecule has 7 heteroatoms. The monoisotopic (exact) mass is 359 g/mol. The zero-order valence-corrected chi connectivity index (χ0v) is 14.8. The van der Waals surface area contributed by atoms with E-state index in [4.69, 9.17) is 0 Å². The molecule has 138 valence electrons. The molecule has 0 bridgehead atoms. The molecule has 2 aliphatic carbocycles. The number of nitrogens with zero attached hydrogens (tertiary/aromatic N) is 3. The van der Waals surface area contributed by atoms with Gasteiger partial charge in [-0.2, -0.15) is 0 Å². The van der Waals surface area contributed by atoms with E-state index in [1.807, 2.05) is 6.07 Å². The Hall–Kier alpha value is -2.31. The summed E-state index contributed by atoms with van der Waals surface area (Å²) in [4.78, 5) is 13.1. The number of nitrogens with one attached hydrogen (secondary N) is 2. The van der Waals surface area contributed by atoms with Crippen molar-refractivity contribution in [1.29, 1.82) is 0 Å². The van der Waals surface area contributed by atoms with Gasteiger partial charge in [-0.15, -0.1) is 0 Å². The van der Waals surface area contributed by atoms with Crippen LogP contribution < -0.4 is 10.6 Å². The van der Waals surface area contributed by atoms with Crippen molar-refractivity contribution in [3.8, 4) is 11.5 Å². The molecule has 0 saturated heterocycles. The lowest BCUT2D eigenvalue weighted by atomic mass is 10.2. The van der Waals surface area contributed by atoms with Crippen molar-refractivity contribution >= 4 is 11.6 Å². The summed E-state index contributed by atoms with van der Waals surface area (Å²) in [6, 6.07) is 6.77. The van der Waals surface area contributed by atoms with Gasteiger partial charge in [0, 0.05) is 18.7 Å². The van der Waals surface area contributed by atoms with Crippen LogP contribution in [0.15, 0.2) is 24.3 Å². The first-order chi connectivity index (χ1) is 12.6. The highest BCUT2D eigenvalue weighted by Gasteiger charge is 2.28. The van der Waals surface area contributed by atoms with E-state index in [9.17, 15) is 8.78 Å². The summed E-state index contributed by atoms with van der Waals surface area (Å²) in [5.74, 6) is 3.15. The molecule has 1 atom stereocenters. The van der Waals surface area contributed by atoms with E-state index in [-0.39, 0.29) is 5.69 Å². The molecule has 2 fully saturated rings. The Morgan fingerprint density at radius 3 is 2.54 bits per heavy atom. The maximum atomic E-state index is 13.0. The van der Waals surface area contributed by atoms with Gasteiger partial charge in [0.05, 0.1) is 0 Å². The van der Waals surface area contributed by atoms with E-state index in [2.05, 4.69) is 32.5 Å². The summed E-state index contributed by atoms with van der Waals surface area (Å²) in [5, 5.41) is 6.77. The van der Waals surface area contributed by atoms with Crippen molar-refractivity contribution in [2.24, 2.45) is 11.8 Å². The maximum absolute atomic E-state index is 13.0. The Kier molecular flexibility index (Phi) is 4.70. The molecule has 0 radical (unpaired) electrons. The molecule has 0 aliphatic heterocycles. The molecule has 2 aromatic heterocycles. The number of hydrogen-bond donors (Lipinski definition) is 2. The van der Waals surface area contributed by atoms with Gasteiger partial charge in [-0.25, -0.2) is 23.7 Å². The van der Waals surface area contributed by atoms with Crippen LogP contribution in [0.1, 0.15) is 44.7 Å². The smallest absolute Gasteiger partial charge is 0.280 e. The lowest BCUT2D eigenvalue weighted by molar-refractivity contribution is 0.146. The quantitative estimate of drug-likeness (QED) is 0.726. The molecule has 2 saturated carbocycles. The van der Waals surface area contributed by atoms with Crippen LogP contribution >= 0.6 is 0 Å². The van der Waals surface area contributed by atoms with Crippen LogP contribution in [-0.4, -0.2) is 27.5 Å². The Morgan fingerprint density at radius 1 is 1.08 bits per heavy atom. The lowest BCUT2D eigenvalue weighted by Crippen LogP contribution is -2.19. The first-order valence-electron chi connectivity index (χ1n) is 9.23. The summed E-state index contributed by atoms with van der Waals surface area (Å²) < 4.78 is 26.0. The number of anilines is 2. The van der Waals surface area contributed by atoms with Crippen LogP contribution in [0.25, 0.3) is 11.5 Å². The molecule has 26 heavy (non-hydrogen) atoms. The van der Waals surface area contributed by atoms with E-state index < -0.39 is 6.43 Å². The van der Waals surface area contributed by atoms with Crippen molar-refractivity contribution in [1.82, 2.24) is 15.0 Å². The van der Waals surface area contributed by atoms with Crippen molar-refractivity contribution in [2.75, 3.05) is 17.2 Å². The third kappa shape index (κ3) is 4.26. The summed E-state index contributed by atoms with van der Waals surface area (Å²) in [6.07, 6.45) is 2.34. The summed E-state index contributed by atoms with van der Waals surface area (Å²) in [7, 11) is 0. The molecular weight excluding hydrogens is 336 g/mol. The number of alkyl halides is 2. The third-order valence-electron chi connectivity index (χ3n) is 4.92. The molecule has 2 aromatic rings. The Morgan fingerprint density at radius 2 is 1.85 bits per heavy atom. The van der Waals surface area contributed by atoms with Gasteiger partial charge in [-0.1, -0.05) is 6.07 Å². The average molecular weight is 359 g/mol. The normalized spacial score (nSPS) is 18.0. The van der Waals surface area contributed by atoms with Gasteiger partial charge in [0.2, 0.25) is 0 Å². The van der Waals surface area contributed by atoms with Crippen molar-refractivity contribution in [3.05, 3.63) is 30.0 Å². The van der Waals surface area contributed by atoms with Gasteiger partial charge in [0.25, 0.3) is 6.43 Å². The van der Waals surface area contributed by atoms with Gasteiger partial charge in [-0.05, 0) is 56.6 Å². The SMILES string of the molecule is CC(Nc1cc(NCC2CC2)nc(-c2cccc(C(F)F)n2)n1)C1CC1. The van der Waals surface area contributed by atoms with Crippen LogP contribution in [0.2, 0.25) is 0 Å². The molecule has 0 spiro atoms.